The predicted molar refractivity (Wildman–Crippen MR) is 80.8 cm³/mol. The van der Waals surface area contributed by atoms with Crippen molar-refractivity contribution in [2.45, 2.75) is 27.2 Å². The van der Waals surface area contributed by atoms with Gasteiger partial charge in [-0.3, -0.25) is 0 Å². The molecule has 19 heavy (non-hydrogen) atoms. The van der Waals surface area contributed by atoms with Crippen molar-refractivity contribution < 1.29 is 9.47 Å². The van der Waals surface area contributed by atoms with E-state index in [1.165, 1.54) is 0 Å². The van der Waals surface area contributed by atoms with Crippen molar-refractivity contribution in [3.63, 3.8) is 0 Å². The Kier molecular flexibility index (Phi) is 7.11. The van der Waals surface area contributed by atoms with Gasteiger partial charge in [-0.05, 0) is 25.3 Å². The molecule has 0 saturated carbocycles. The van der Waals surface area contributed by atoms with Crippen molar-refractivity contribution in [2.24, 2.45) is 5.92 Å². The van der Waals surface area contributed by atoms with Gasteiger partial charge in [-0.1, -0.05) is 13.8 Å². The Balaban J connectivity index is 2.28. The van der Waals surface area contributed by atoms with Crippen LogP contribution >= 0.6 is 0 Å². The van der Waals surface area contributed by atoms with Crippen LogP contribution in [0, 0.1) is 5.92 Å². The highest BCUT2D eigenvalue weighted by atomic mass is 16.5. The van der Waals surface area contributed by atoms with Crippen molar-refractivity contribution in [3.8, 4) is 5.75 Å². The summed E-state index contributed by atoms with van der Waals surface area (Å²) in [4.78, 5) is 0. The number of ether oxygens (including phenoxy) is 2. The summed E-state index contributed by atoms with van der Waals surface area (Å²) in [6, 6.07) is 5.68. The lowest BCUT2D eigenvalue weighted by Gasteiger charge is -2.11. The molecule has 0 aliphatic carbocycles. The summed E-state index contributed by atoms with van der Waals surface area (Å²) in [5.74, 6) is 1.49. The first-order chi connectivity index (χ1) is 9.11. The van der Waals surface area contributed by atoms with Gasteiger partial charge < -0.3 is 20.5 Å². The molecule has 0 aliphatic rings. The van der Waals surface area contributed by atoms with E-state index in [1.54, 1.807) is 0 Å². The number of nitrogens with two attached hydrogens (primary N) is 1. The summed E-state index contributed by atoms with van der Waals surface area (Å²) in [7, 11) is 0. The molecule has 0 heterocycles. The molecule has 0 fully saturated rings. The van der Waals surface area contributed by atoms with E-state index >= 15 is 0 Å². The maximum Gasteiger partial charge on any atom is 0.123 e. The average Bonchev–Trinajstić information content (AvgIpc) is 2.33. The van der Waals surface area contributed by atoms with Gasteiger partial charge in [0.2, 0.25) is 0 Å². The second kappa shape index (κ2) is 8.64. The largest absolute Gasteiger partial charge is 0.494 e. The van der Waals surface area contributed by atoms with E-state index in [4.69, 9.17) is 15.2 Å². The molecule has 0 aliphatic heterocycles. The number of benzene rings is 1. The van der Waals surface area contributed by atoms with Crippen molar-refractivity contribution in [1.82, 2.24) is 0 Å². The van der Waals surface area contributed by atoms with Gasteiger partial charge >= 0.3 is 0 Å². The zero-order valence-corrected chi connectivity index (χ0v) is 12.2. The Morgan fingerprint density at radius 3 is 2.68 bits per heavy atom. The molecule has 0 bridgehead atoms. The highest BCUT2D eigenvalue weighted by Gasteiger charge is 1.99. The molecule has 1 rings (SSSR count). The summed E-state index contributed by atoms with van der Waals surface area (Å²) in [5.41, 5.74) is 7.50. The van der Waals surface area contributed by atoms with E-state index in [0.717, 1.165) is 31.0 Å². The van der Waals surface area contributed by atoms with Gasteiger partial charge in [0.05, 0.1) is 13.2 Å². The quantitative estimate of drug-likeness (QED) is 0.532. The van der Waals surface area contributed by atoms with Crippen LogP contribution in [0.1, 0.15) is 27.2 Å². The minimum absolute atomic E-state index is 0.640. The van der Waals surface area contributed by atoms with Crippen LogP contribution in [0.25, 0.3) is 0 Å². The number of hydrogen-bond donors (Lipinski definition) is 2. The predicted octanol–water partition coefficient (Wildman–Crippen LogP) is 3.14. The third kappa shape index (κ3) is 6.91. The lowest BCUT2D eigenvalue weighted by atomic mass is 10.1. The van der Waals surface area contributed by atoms with E-state index < -0.39 is 0 Å². The first-order valence-corrected chi connectivity index (χ1v) is 6.96. The lowest BCUT2D eigenvalue weighted by Crippen LogP contribution is -2.11. The van der Waals surface area contributed by atoms with Crippen LogP contribution in [0.2, 0.25) is 0 Å². The molecule has 0 aromatic heterocycles. The van der Waals surface area contributed by atoms with Crippen LogP contribution in [-0.4, -0.2) is 26.4 Å². The molecule has 4 heteroatoms. The normalized spacial score (nSPS) is 10.7. The van der Waals surface area contributed by atoms with E-state index in [0.29, 0.717) is 24.8 Å². The van der Waals surface area contributed by atoms with Crippen LogP contribution in [0.5, 0.6) is 5.75 Å². The van der Waals surface area contributed by atoms with E-state index in [-0.39, 0.29) is 0 Å². The molecule has 1 aromatic carbocycles. The molecule has 3 N–H and O–H groups in total. The molecule has 0 spiro atoms. The number of anilines is 2. The fourth-order valence-electron chi connectivity index (χ4n) is 1.66. The Hall–Kier alpha value is -1.42. The van der Waals surface area contributed by atoms with Crippen LogP contribution < -0.4 is 15.8 Å². The van der Waals surface area contributed by atoms with Crippen molar-refractivity contribution in [1.29, 1.82) is 0 Å². The van der Waals surface area contributed by atoms with Crippen molar-refractivity contribution in [3.05, 3.63) is 18.2 Å². The number of nitrogens with one attached hydrogen (secondary N) is 1. The molecule has 0 atom stereocenters. The molecule has 0 amide bonds. The summed E-state index contributed by atoms with van der Waals surface area (Å²) in [6.07, 6.45) is 1.10. The zero-order chi connectivity index (χ0) is 14.1. The van der Waals surface area contributed by atoms with Gasteiger partial charge in [0.25, 0.3) is 0 Å². The highest BCUT2D eigenvalue weighted by molar-refractivity contribution is 5.59. The van der Waals surface area contributed by atoms with E-state index in [9.17, 15) is 0 Å². The standard InChI is InChI=1S/C15H26N2O2/c1-4-19-15-10-13(16)9-14(11-15)17-6-8-18-7-5-12(2)3/h9-12,17H,4-8,16H2,1-3H3. The van der Waals surface area contributed by atoms with Crippen LogP contribution in [0.15, 0.2) is 18.2 Å². The number of nitrogen functional groups attached to an aromatic ring is 1. The Bertz CT molecular complexity index is 367. The molecule has 4 nitrogen and oxygen atoms in total. The Labute approximate surface area is 116 Å². The van der Waals surface area contributed by atoms with E-state index in [2.05, 4.69) is 19.2 Å². The third-order valence-electron chi connectivity index (χ3n) is 2.65. The zero-order valence-electron chi connectivity index (χ0n) is 12.2. The summed E-state index contributed by atoms with van der Waals surface area (Å²) in [5, 5.41) is 3.29. The third-order valence-corrected chi connectivity index (χ3v) is 2.65. The highest BCUT2D eigenvalue weighted by Crippen LogP contribution is 2.22. The number of rotatable bonds is 9. The molecule has 108 valence electrons. The Morgan fingerprint density at radius 2 is 2.00 bits per heavy atom. The van der Waals surface area contributed by atoms with Gasteiger partial charge in [0.1, 0.15) is 5.75 Å². The van der Waals surface area contributed by atoms with Gasteiger partial charge in [-0.2, -0.15) is 0 Å². The SMILES string of the molecule is CCOc1cc(N)cc(NCCOCCC(C)C)c1. The maximum absolute atomic E-state index is 5.82. The van der Waals surface area contributed by atoms with Crippen molar-refractivity contribution in [2.75, 3.05) is 37.4 Å². The number of hydrogen-bond acceptors (Lipinski definition) is 4. The van der Waals surface area contributed by atoms with Crippen LogP contribution in [0.4, 0.5) is 11.4 Å². The average molecular weight is 266 g/mol. The molecular weight excluding hydrogens is 240 g/mol. The van der Waals surface area contributed by atoms with Gasteiger partial charge in [-0.25, -0.2) is 0 Å². The fraction of sp³-hybridized carbons (Fsp3) is 0.600. The molecule has 0 unspecified atom stereocenters. The molecule has 1 aromatic rings. The minimum Gasteiger partial charge on any atom is -0.494 e. The molecule has 0 radical (unpaired) electrons. The summed E-state index contributed by atoms with van der Waals surface area (Å²) < 4.78 is 11.0. The Morgan fingerprint density at radius 1 is 1.21 bits per heavy atom. The van der Waals surface area contributed by atoms with Crippen LogP contribution in [0.3, 0.4) is 0 Å². The maximum atomic E-state index is 5.82. The topological polar surface area (TPSA) is 56.5 Å². The van der Waals surface area contributed by atoms with E-state index in [1.807, 2.05) is 25.1 Å². The summed E-state index contributed by atoms with van der Waals surface area (Å²) >= 11 is 0. The monoisotopic (exact) mass is 266 g/mol. The smallest absolute Gasteiger partial charge is 0.123 e. The molecular formula is C15H26N2O2. The van der Waals surface area contributed by atoms with Crippen LogP contribution in [-0.2, 0) is 4.74 Å². The van der Waals surface area contributed by atoms with Gasteiger partial charge in [0.15, 0.2) is 0 Å². The first-order valence-electron chi connectivity index (χ1n) is 6.96. The second-order valence-electron chi connectivity index (χ2n) is 4.95. The first kappa shape index (κ1) is 15.6. The van der Waals surface area contributed by atoms with Gasteiger partial charge in [0, 0.05) is 36.7 Å². The molecule has 0 saturated heterocycles. The van der Waals surface area contributed by atoms with Gasteiger partial charge in [-0.15, -0.1) is 0 Å². The summed E-state index contributed by atoms with van der Waals surface area (Å²) in [6.45, 7) is 9.28. The lowest BCUT2D eigenvalue weighted by molar-refractivity contribution is 0.132. The van der Waals surface area contributed by atoms with Crippen molar-refractivity contribution >= 4 is 11.4 Å². The minimum atomic E-state index is 0.640. The second-order valence-corrected chi connectivity index (χ2v) is 4.95. The fourth-order valence-corrected chi connectivity index (χ4v) is 1.66.